The normalized spacial score (nSPS) is 11.2. The molecular weight excluding hydrogens is 306 g/mol. The number of nitrogens with zero attached hydrogens (tertiary/aromatic N) is 3. The van der Waals surface area contributed by atoms with Crippen molar-refractivity contribution in [2.45, 2.75) is 0 Å². The lowest BCUT2D eigenvalue weighted by Gasteiger charge is -2.07. The highest BCUT2D eigenvalue weighted by Crippen LogP contribution is 2.39. The van der Waals surface area contributed by atoms with Gasteiger partial charge in [0.1, 0.15) is 5.82 Å². The zero-order valence-electron chi connectivity index (χ0n) is 12.5. The largest absolute Gasteiger partial charge is 0.399 e. The molecule has 3 aromatic heterocycles. The van der Waals surface area contributed by atoms with E-state index < -0.39 is 0 Å². The standard InChI is InChI=1S/C17H15N5S/c1-22-7-6-21-17(22)15-9-14-16(23-15)11(4-5-20-14)12-8-10(18)2-3-13(12)19/h2-9H,18-19H2,1H3. The quantitative estimate of drug-likeness (QED) is 0.553. The van der Waals surface area contributed by atoms with Crippen LogP contribution in [-0.2, 0) is 7.05 Å². The second-order valence-electron chi connectivity index (χ2n) is 5.39. The molecule has 0 spiro atoms. The summed E-state index contributed by atoms with van der Waals surface area (Å²) >= 11 is 1.66. The number of thiophene rings is 1. The predicted octanol–water partition coefficient (Wildman–Crippen LogP) is 3.53. The monoisotopic (exact) mass is 321 g/mol. The van der Waals surface area contributed by atoms with Crippen molar-refractivity contribution in [3.8, 4) is 21.8 Å². The Morgan fingerprint density at radius 1 is 1.00 bits per heavy atom. The SMILES string of the molecule is Cn1ccnc1-c1cc2nccc(-c3cc(N)ccc3N)c2s1. The van der Waals surface area contributed by atoms with Gasteiger partial charge >= 0.3 is 0 Å². The van der Waals surface area contributed by atoms with E-state index in [2.05, 4.69) is 16.0 Å². The zero-order valence-corrected chi connectivity index (χ0v) is 13.3. The molecule has 4 aromatic rings. The van der Waals surface area contributed by atoms with Crippen molar-refractivity contribution in [1.82, 2.24) is 14.5 Å². The second kappa shape index (κ2) is 5.10. The summed E-state index contributed by atoms with van der Waals surface area (Å²) in [6, 6.07) is 9.60. The Balaban J connectivity index is 1.97. The number of nitrogens with two attached hydrogens (primary N) is 2. The van der Waals surface area contributed by atoms with Crippen LogP contribution in [0.5, 0.6) is 0 Å². The molecule has 0 saturated carbocycles. The molecule has 4 rings (SSSR count). The third-order valence-corrected chi connectivity index (χ3v) is 4.97. The van der Waals surface area contributed by atoms with Gasteiger partial charge in [-0.1, -0.05) is 0 Å². The molecule has 0 fully saturated rings. The van der Waals surface area contributed by atoms with E-state index in [1.807, 2.05) is 42.1 Å². The van der Waals surface area contributed by atoms with Crippen LogP contribution < -0.4 is 11.5 Å². The van der Waals surface area contributed by atoms with E-state index in [-0.39, 0.29) is 0 Å². The first kappa shape index (κ1) is 13.8. The van der Waals surface area contributed by atoms with Gasteiger partial charge in [-0.05, 0) is 30.3 Å². The minimum Gasteiger partial charge on any atom is -0.399 e. The molecule has 0 aliphatic heterocycles. The first-order valence-electron chi connectivity index (χ1n) is 7.15. The second-order valence-corrected chi connectivity index (χ2v) is 6.44. The van der Waals surface area contributed by atoms with Crippen LogP contribution in [0.3, 0.4) is 0 Å². The number of imidazole rings is 1. The smallest absolute Gasteiger partial charge is 0.149 e. The molecule has 6 heteroatoms. The van der Waals surface area contributed by atoms with Crippen LogP contribution in [0, 0.1) is 0 Å². The van der Waals surface area contributed by atoms with E-state index in [0.717, 1.165) is 32.0 Å². The molecule has 0 aliphatic carbocycles. The van der Waals surface area contributed by atoms with Gasteiger partial charge in [-0.15, -0.1) is 11.3 Å². The number of fused-ring (bicyclic) bond motifs is 1. The average Bonchev–Trinajstić information content (AvgIpc) is 3.14. The Kier molecular flexibility index (Phi) is 3.06. The van der Waals surface area contributed by atoms with Crippen LogP contribution in [0.25, 0.3) is 32.0 Å². The maximum Gasteiger partial charge on any atom is 0.149 e. The number of aromatic nitrogens is 3. The molecule has 4 N–H and O–H groups in total. The van der Waals surface area contributed by atoms with Crippen LogP contribution in [-0.4, -0.2) is 14.5 Å². The Hall–Kier alpha value is -2.86. The Morgan fingerprint density at radius 3 is 2.65 bits per heavy atom. The summed E-state index contributed by atoms with van der Waals surface area (Å²) in [5.74, 6) is 0.930. The average molecular weight is 321 g/mol. The van der Waals surface area contributed by atoms with Crippen molar-refractivity contribution in [3.05, 3.63) is 48.9 Å². The number of benzene rings is 1. The fourth-order valence-electron chi connectivity index (χ4n) is 2.67. The lowest BCUT2D eigenvalue weighted by molar-refractivity contribution is 0.928. The highest BCUT2D eigenvalue weighted by atomic mass is 32.1. The van der Waals surface area contributed by atoms with Crippen LogP contribution in [0.4, 0.5) is 11.4 Å². The van der Waals surface area contributed by atoms with E-state index in [1.54, 1.807) is 23.7 Å². The van der Waals surface area contributed by atoms with Crippen molar-refractivity contribution in [1.29, 1.82) is 0 Å². The van der Waals surface area contributed by atoms with Gasteiger partial charge in [0.15, 0.2) is 0 Å². The molecule has 0 amide bonds. The van der Waals surface area contributed by atoms with E-state index in [9.17, 15) is 0 Å². The Bertz CT molecular complexity index is 1010. The summed E-state index contributed by atoms with van der Waals surface area (Å²) in [4.78, 5) is 9.98. The van der Waals surface area contributed by atoms with E-state index in [1.165, 1.54) is 0 Å². The first-order valence-corrected chi connectivity index (χ1v) is 7.97. The lowest BCUT2D eigenvalue weighted by atomic mass is 10.0. The summed E-state index contributed by atoms with van der Waals surface area (Å²) in [7, 11) is 1.98. The molecule has 0 bridgehead atoms. The molecule has 0 aliphatic rings. The van der Waals surface area contributed by atoms with Crippen molar-refractivity contribution in [2.24, 2.45) is 7.05 Å². The maximum absolute atomic E-state index is 6.15. The van der Waals surface area contributed by atoms with Crippen LogP contribution in [0.1, 0.15) is 0 Å². The number of aryl methyl sites for hydroxylation is 1. The number of anilines is 2. The highest BCUT2D eigenvalue weighted by Gasteiger charge is 2.14. The van der Waals surface area contributed by atoms with E-state index in [4.69, 9.17) is 11.5 Å². The molecule has 0 unspecified atom stereocenters. The molecule has 5 nitrogen and oxygen atoms in total. The summed E-state index contributed by atoms with van der Waals surface area (Å²) in [5.41, 5.74) is 16.4. The number of rotatable bonds is 2. The van der Waals surface area contributed by atoms with E-state index in [0.29, 0.717) is 11.4 Å². The van der Waals surface area contributed by atoms with Crippen molar-refractivity contribution in [3.63, 3.8) is 0 Å². The van der Waals surface area contributed by atoms with Gasteiger partial charge in [0.05, 0.1) is 15.1 Å². The van der Waals surface area contributed by atoms with Gasteiger partial charge < -0.3 is 16.0 Å². The van der Waals surface area contributed by atoms with Crippen molar-refractivity contribution < 1.29 is 0 Å². The van der Waals surface area contributed by atoms with Crippen molar-refractivity contribution >= 4 is 32.9 Å². The lowest BCUT2D eigenvalue weighted by Crippen LogP contribution is -1.93. The number of pyridine rings is 1. The topological polar surface area (TPSA) is 82.8 Å². The molecule has 0 saturated heterocycles. The zero-order chi connectivity index (χ0) is 16.0. The molecule has 0 radical (unpaired) electrons. The minimum atomic E-state index is 0.694. The maximum atomic E-state index is 6.15. The third kappa shape index (κ3) is 2.24. The number of hydrogen-bond acceptors (Lipinski definition) is 5. The summed E-state index contributed by atoms with van der Waals surface area (Å²) < 4.78 is 3.09. The van der Waals surface area contributed by atoms with Gasteiger partial charge in [0, 0.05) is 48.1 Å². The summed E-state index contributed by atoms with van der Waals surface area (Å²) in [5, 5.41) is 0. The predicted molar refractivity (Wildman–Crippen MR) is 96.1 cm³/mol. The van der Waals surface area contributed by atoms with E-state index >= 15 is 0 Å². The molecular formula is C17H15N5S. The van der Waals surface area contributed by atoms with Gasteiger partial charge in [-0.2, -0.15) is 0 Å². The fraction of sp³-hybridized carbons (Fsp3) is 0.0588. The van der Waals surface area contributed by atoms with Gasteiger partial charge in [0.2, 0.25) is 0 Å². The Morgan fingerprint density at radius 2 is 1.87 bits per heavy atom. The Labute approximate surface area is 137 Å². The summed E-state index contributed by atoms with van der Waals surface area (Å²) in [6.07, 6.45) is 5.53. The van der Waals surface area contributed by atoms with Crippen LogP contribution >= 0.6 is 11.3 Å². The van der Waals surface area contributed by atoms with Gasteiger partial charge in [-0.3, -0.25) is 4.98 Å². The first-order chi connectivity index (χ1) is 11.1. The number of hydrogen-bond donors (Lipinski definition) is 2. The van der Waals surface area contributed by atoms with Gasteiger partial charge in [0.25, 0.3) is 0 Å². The third-order valence-electron chi connectivity index (χ3n) is 3.82. The van der Waals surface area contributed by atoms with Crippen LogP contribution in [0.15, 0.2) is 48.9 Å². The molecule has 3 heterocycles. The molecule has 1 aromatic carbocycles. The number of nitrogen functional groups attached to an aromatic ring is 2. The molecule has 114 valence electrons. The highest BCUT2D eigenvalue weighted by molar-refractivity contribution is 7.22. The minimum absolute atomic E-state index is 0.694. The van der Waals surface area contributed by atoms with Crippen LogP contribution in [0.2, 0.25) is 0 Å². The van der Waals surface area contributed by atoms with Crippen molar-refractivity contribution in [2.75, 3.05) is 11.5 Å². The fourth-order valence-corrected chi connectivity index (χ4v) is 3.85. The molecule has 0 atom stereocenters. The molecule has 23 heavy (non-hydrogen) atoms. The summed E-state index contributed by atoms with van der Waals surface area (Å²) in [6.45, 7) is 0. The van der Waals surface area contributed by atoms with Gasteiger partial charge in [-0.25, -0.2) is 4.98 Å².